The Hall–Kier alpha value is 0.340. The molecule has 146 valence electrons. The van der Waals surface area contributed by atoms with Crippen molar-refractivity contribution in [2.24, 2.45) is 0 Å². The maximum absolute atomic E-state index is 2.57. The molecule has 0 N–H and O–H groups in total. The summed E-state index contributed by atoms with van der Waals surface area (Å²) in [5.41, 5.74) is 3.30. The average molecular weight is 383 g/mol. The molecule has 25 heavy (non-hydrogen) atoms. The predicted octanol–water partition coefficient (Wildman–Crippen LogP) is 8.40. The van der Waals surface area contributed by atoms with Crippen molar-refractivity contribution in [1.82, 2.24) is 0 Å². The Morgan fingerprint density at radius 2 is 1.00 bits per heavy atom. The Morgan fingerprint density at radius 3 is 1.36 bits per heavy atom. The highest BCUT2D eigenvalue weighted by Crippen LogP contribution is 2.62. The van der Waals surface area contributed by atoms with Gasteiger partial charge in [0.25, 0.3) is 0 Å². The third-order valence-electron chi connectivity index (χ3n) is 4.96. The fourth-order valence-electron chi connectivity index (χ4n) is 4.21. The second kappa shape index (κ2) is 7.76. The van der Waals surface area contributed by atoms with Crippen molar-refractivity contribution in [1.29, 1.82) is 0 Å². The van der Waals surface area contributed by atoms with Crippen molar-refractivity contribution in [3.63, 3.8) is 0 Å². The summed E-state index contributed by atoms with van der Waals surface area (Å²) in [7, 11) is -0.0805. The van der Waals surface area contributed by atoms with Gasteiger partial charge in [0, 0.05) is 0 Å². The molecule has 1 aliphatic rings. The summed E-state index contributed by atoms with van der Waals surface area (Å²) >= 11 is 0. The summed E-state index contributed by atoms with van der Waals surface area (Å²) in [5.74, 6) is 0. The zero-order chi connectivity index (χ0) is 19.8. The van der Waals surface area contributed by atoms with Crippen LogP contribution in [0.25, 0.3) is 0 Å². The highest BCUT2D eigenvalue weighted by atomic mass is 31.1. The van der Waals surface area contributed by atoms with E-state index in [1.54, 1.807) is 11.1 Å². The lowest BCUT2D eigenvalue weighted by molar-refractivity contribution is 0.705. The van der Waals surface area contributed by atoms with Gasteiger partial charge in [-0.3, -0.25) is 0 Å². The van der Waals surface area contributed by atoms with E-state index in [-0.39, 0.29) is 15.8 Å². The van der Waals surface area contributed by atoms with Gasteiger partial charge in [-0.2, -0.15) is 0 Å². The van der Waals surface area contributed by atoms with Crippen molar-refractivity contribution in [3.8, 4) is 0 Å². The molecule has 1 rings (SSSR count). The van der Waals surface area contributed by atoms with Gasteiger partial charge < -0.3 is 0 Å². The van der Waals surface area contributed by atoms with E-state index >= 15 is 0 Å². The maximum atomic E-state index is 2.57. The lowest BCUT2D eigenvalue weighted by Crippen LogP contribution is -2.27. The monoisotopic (exact) mass is 382 g/mol. The standard InChI is InChI=1S/C23H44P2/c1-20(2,3)24(21(4,5)6)16-18-13-14-19(15-18)17-25(22(7,8)9)23(10,11)12/h13,15H,14,16-17H2,1-12H3. The van der Waals surface area contributed by atoms with E-state index in [0.29, 0.717) is 20.6 Å². The summed E-state index contributed by atoms with van der Waals surface area (Å²) in [5, 5.41) is 1.66. The Morgan fingerprint density at radius 1 is 0.640 bits per heavy atom. The first-order valence-electron chi connectivity index (χ1n) is 9.86. The van der Waals surface area contributed by atoms with E-state index in [1.165, 1.54) is 18.7 Å². The molecule has 0 aromatic rings. The average Bonchev–Trinajstić information content (AvgIpc) is 2.75. The van der Waals surface area contributed by atoms with Crippen LogP contribution in [-0.4, -0.2) is 32.9 Å². The van der Waals surface area contributed by atoms with E-state index < -0.39 is 0 Å². The smallest absolute Gasteiger partial charge is 0.00667 e. The highest BCUT2D eigenvalue weighted by Gasteiger charge is 2.36. The molecule has 0 radical (unpaired) electrons. The SMILES string of the molecule is CC(C)(C)P(CC1=CCC(CP(C(C)(C)C)C(C)(C)C)=C1)C(C)(C)C. The van der Waals surface area contributed by atoms with Gasteiger partial charge in [-0.1, -0.05) is 117 Å². The molecule has 0 spiro atoms. The third kappa shape index (κ3) is 7.11. The van der Waals surface area contributed by atoms with Crippen LogP contribution in [0.5, 0.6) is 0 Å². The first-order chi connectivity index (χ1) is 10.9. The van der Waals surface area contributed by atoms with E-state index in [9.17, 15) is 0 Å². The molecule has 1 aliphatic carbocycles. The van der Waals surface area contributed by atoms with Crippen LogP contribution in [0.2, 0.25) is 0 Å². The van der Waals surface area contributed by atoms with Gasteiger partial charge in [0.1, 0.15) is 0 Å². The lowest BCUT2D eigenvalue weighted by Gasteiger charge is -2.42. The van der Waals surface area contributed by atoms with Crippen molar-refractivity contribution < 1.29 is 0 Å². The van der Waals surface area contributed by atoms with E-state index in [0.717, 1.165) is 0 Å². The minimum Gasteiger partial charge on any atom is -0.0915 e. The summed E-state index contributed by atoms with van der Waals surface area (Å²) in [4.78, 5) is 0. The van der Waals surface area contributed by atoms with Gasteiger partial charge in [-0.15, -0.1) is 0 Å². The van der Waals surface area contributed by atoms with Crippen LogP contribution >= 0.6 is 15.8 Å². The largest absolute Gasteiger partial charge is 0.0915 e. The predicted molar refractivity (Wildman–Crippen MR) is 123 cm³/mol. The Labute approximate surface area is 161 Å². The molecule has 0 aromatic heterocycles. The van der Waals surface area contributed by atoms with E-state index in [1.807, 2.05) is 0 Å². The highest BCUT2D eigenvalue weighted by molar-refractivity contribution is 7.61. The molecule has 0 amide bonds. The number of hydrogen-bond donors (Lipinski definition) is 0. The first-order valence-corrected chi connectivity index (χ1v) is 12.9. The number of rotatable bonds is 4. The molecule has 2 heteroatoms. The van der Waals surface area contributed by atoms with Crippen LogP contribution in [-0.2, 0) is 0 Å². The third-order valence-corrected chi connectivity index (χ3v) is 12.8. The number of allylic oxidation sites excluding steroid dienone is 4. The number of hydrogen-bond acceptors (Lipinski definition) is 0. The lowest BCUT2D eigenvalue weighted by atomic mass is 10.2. The van der Waals surface area contributed by atoms with Crippen LogP contribution < -0.4 is 0 Å². The van der Waals surface area contributed by atoms with E-state index in [2.05, 4.69) is 95.2 Å². The van der Waals surface area contributed by atoms with Gasteiger partial charge in [-0.25, -0.2) is 0 Å². The zero-order valence-electron chi connectivity index (χ0n) is 19.2. The summed E-state index contributed by atoms with van der Waals surface area (Å²) < 4.78 is 0. The first kappa shape index (κ1) is 23.4. The quantitative estimate of drug-likeness (QED) is 0.428. The zero-order valence-corrected chi connectivity index (χ0v) is 21.0. The van der Waals surface area contributed by atoms with Gasteiger partial charge in [-0.05, 0) is 44.9 Å². The van der Waals surface area contributed by atoms with Crippen molar-refractivity contribution in [3.05, 3.63) is 23.3 Å². The summed E-state index contributed by atoms with van der Waals surface area (Å²) in [6.07, 6.45) is 8.89. The molecule has 0 fully saturated rings. The van der Waals surface area contributed by atoms with Crippen LogP contribution in [0.15, 0.2) is 23.3 Å². The van der Waals surface area contributed by atoms with Gasteiger partial charge in [0.2, 0.25) is 0 Å². The molecule has 0 saturated carbocycles. The fraction of sp³-hybridized carbons (Fsp3) is 0.826. The molecule has 0 aliphatic heterocycles. The molecule has 0 bridgehead atoms. The van der Waals surface area contributed by atoms with Gasteiger partial charge in [0.05, 0.1) is 0 Å². The molecule has 0 aromatic carbocycles. The van der Waals surface area contributed by atoms with Crippen molar-refractivity contribution >= 4 is 15.8 Å². The maximum Gasteiger partial charge on any atom is -0.00667 e. The Bertz CT molecular complexity index is 482. The molecule has 0 atom stereocenters. The molecular weight excluding hydrogens is 338 g/mol. The second-order valence-electron chi connectivity index (χ2n) is 11.6. The van der Waals surface area contributed by atoms with Crippen molar-refractivity contribution in [2.75, 3.05) is 12.3 Å². The minimum absolute atomic E-state index is 0.0346. The Balaban J connectivity index is 2.91. The summed E-state index contributed by atoms with van der Waals surface area (Å²) in [6, 6.07) is 0. The fourth-order valence-corrected chi connectivity index (χ4v) is 11.3. The van der Waals surface area contributed by atoms with E-state index in [4.69, 9.17) is 0 Å². The van der Waals surface area contributed by atoms with Crippen molar-refractivity contribution in [2.45, 2.75) is 110 Å². The topological polar surface area (TPSA) is 0 Å². The second-order valence-corrected chi connectivity index (χ2v) is 19.4. The van der Waals surface area contributed by atoms with Crippen LogP contribution in [0, 0.1) is 0 Å². The van der Waals surface area contributed by atoms with Crippen LogP contribution in [0.1, 0.15) is 89.5 Å². The Kier molecular flexibility index (Phi) is 7.26. The molecule has 0 saturated heterocycles. The molecular formula is C23H44P2. The minimum atomic E-state index is -0.0459. The normalized spacial score (nSPS) is 17.4. The molecule has 0 unspecified atom stereocenters. The summed E-state index contributed by atoms with van der Waals surface area (Å²) in [6.45, 7) is 29.2. The molecule has 0 heterocycles. The molecule has 0 nitrogen and oxygen atoms in total. The van der Waals surface area contributed by atoms with Gasteiger partial charge >= 0.3 is 0 Å². The van der Waals surface area contributed by atoms with Gasteiger partial charge in [0.15, 0.2) is 0 Å². The van der Waals surface area contributed by atoms with Crippen LogP contribution in [0.3, 0.4) is 0 Å². The van der Waals surface area contributed by atoms with Crippen LogP contribution in [0.4, 0.5) is 0 Å².